The summed E-state index contributed by atoms with van der Waals surface area (Å²) in [6, 6.07) is 11.3. The van der Waals surface area contributed by atoms with Crippen LogP contribution in [0.5, 0.6) is 0 Å². The summed E-state index contributed by atoms with van der Waals surface area (Å²) in [5.74, 6) is 0. The van der Waals surface area contributed by atoms with Crippen molar-refractivity contribution in [3.8, 4) is 22.5 Å². The maximum absolute atomic E-state index is 12.8. The van der Waals surface area contributed by atoms with Crippen molar-refractivity contribution in [3.63, 3.8) is 0 Å². The van der Waals surface area contributed by atoms with Crippen LogP contribution < -0.4 is 0 Å². The Labute approximate surface area is 271 Å². The molecule has 0 saturated carbocycles. The minimum absolute atomic E-state index is 0. The third-order valence-corrected chi connectivity index (χ3v) is 6.94. The van der Waals surface area contributed by atoms with Crippen molar-refractivity contribution in [2.75, 3.05) is 12.5 Å². The van der Waals surface area contributed by atoms with Crippen LogP contribution in [0, 0.1) is 12.1 Å². The van der Waals surface area contributed by atoms with E-state index >= 15 is 0 Å². The number of hydrogen-bond donors (Lipinski definition) is 0. The molecule has 0 amide bonds. The van der Waals surface area contributed by atoms with Gasteiger partial charge in [-0.05, 0) is 58.3 Å². The molecule has 2 aromatic heterocycles. The first-order chi connectivity index (χ1) is 20.2. The first-order valence-electron chi connectivity index (χ1n) is 11.7. The number of halogens is 12. The Morgan fingerprint density at radius 3 is 1.11 bits per heavy atom. The number of benzene rings is 2. The molecule has 0 fully saturated rings. The van der Waals surface area contributed by atoms with Gasteiger partial charge in [0.25, 0.3) is 0 Å². The van der Waals surface area contributed by atoms with Gasteiger partial charge >= 0.3 is 45.8 Å². The van der Waals surface area contributed by atoms with Crippen LogP contribution in [0.3, 0.4) is 0 Å². The van der Waals surface area contributed by atoms with E-state index in [0.717, 1.165) is 0 Å². The van der Waals surface area contributed by atoms with Crippen LogP contribution in [-0.2, 0) is 45.8 Å². The number of thioether (sulfide) groups is 2. The fourth-order valence-electron chi connectivity index (χ4n) is 3.42. The maximum Gasteiger partial charge on any atom is 2.00 e. The van der Waals surface area contributed by atoms with Gasteiger partial charge < -0.3 is 9.97 Å². The number of pyridine rings is 2. The molecular weight excluding hydrogens is 852 g/mol. The van der Waals surface area contributed by atoms with Gasteiger partial charge in [0, 0.05) is 22.2 Å². The standard InChI is InChI=1S/2C14H8F6NS.Pt/c2*1-22-11-2-3-21-12(7-11)8-4-9(13(15,16)17)6-10(5-8)14(18,19)20;/h2*2-4,6-7H,1H3;/q2*-1;+2. The Morgan fingerprint density at radius 2 is 0.844 bits per heavy atom. The molecule has 17 heteroatoms. The zero-order valence-electron chi connectivity index (χ0n) is 22.3. The third-order valence-electron chi connectivity index (χ3n) is 5.49. The summed E-state index contributed by atoms with van der Waals surface area (Å²) in [7, 11) is 0. The van der Waals surface area contributed by atoms with Gasteiger partial charge in [-0.15, -0.1) is 71.0 Å². The summed E-state index contributed by atoms with van der Waals surface area (Å²) in [5, 5.41) is 0. The second-order valence-corrected chi connectivity index (χ2v) is 10.3. The molecule has 4 aromatic rings. The molecule has 244 valence electrons. The van der Waals surface area contributed by atoms with Gasteiger partial charge in [0.2, 0.25) is 0 Å². The first kappa shape index (κ1) is 38.5. The van der Waals surface area contributed by atoms with Gasteiger partial charge in [-0.3, -0.25) is 0 Å². The molecule has 0 aliphatic rings. The number of nitrogens with zero attached hydrogens (tertiary/aromatic N) is 2. The molecule has 0 bridgehead atoms. The quantitative estimate of drug-likeness (QED) is 0.116. The predicted molar refractivity (Wildman–Crippen MR) is 141 cm³/mol. The number of alkyl halides is 12. The average molecular weight is 868 g/mol. The molecule has 2 nitrogen and oxygen atoms in total. The van der Waals surface area contributed by atoms with Crippen LogP contribution in [0.2, 0.25) is 0 Å². The van der Waals surface area contributed by atoms with E-state index in [2.05, 4.69) is 9.97 Å². The minimum Gasteiger partial charge on any atom is -0.305 e. The van der Waals surface area contributed by atoms with Crippen LogP contribution in [0.4, 0.5) is 52.7 Å². The molecule has 0 atom stereocenters. The fraction of sp³-hybridized carbons (Fsp3) is 0.214. The van der Waals surface area contributed by atoms with Gasteiger partial charge in [0.05, 0.1) is 0 Å². The topological polar surface area (TPSA) is 25.8 Å². The van der Waals surface area contributed by atoms with Crippen molar-refractivity contribution in [1.82, 2.24) is 9.97 Å². The monoisotopic (exact) mass is 867 g/mol. The molecule has 0 aliphatic carbocycles. The number of aromatic nitrogens is 2. The largest absolute Gasteiger partial charge is 2.00 e. The second kappa shape index (κ2) is 14.8. The van der Waals surface area contributed by atoms with Crippen molar-refractivity contribution < 1.29 is 73.8 Å². The van der Waals surface area contributed by atoms with Gasteiger partial charge in [0.1, 0.15) is 0 Å². The summed E-state index contributed by atoms with van der Waals surface area (Å²) in [6.45, 7) is 0. The van der Waals surface area contributed by atoms with Gasteiger partial charge in [0.15, 0.2) is 0 Å². The van der Waals surface area contributed by atoms with E-state index in [0.29, 0.717) is 21.9 Å². The molecule has 4 rings (SSSR count). The molecule has 2 aromatic carbocycles. The van der Waals surface area contributed by atoms with Crippen LogP contribution >= 0.6 is 23.5 Å². The Balaban J connectivity index is 0.000000307. The summed E-state index contributed by atoms with van der Waals surface area (Å²) in [4.78, 5) is 8.99. The van der Waals surface area contributed by atoms with E-state index < -0.39 is 47.0 Å². The van der Waals surface area contributed by atoms with Crippen LogP contribution in [0.15, 0.2) is 70.7 Å². The van der Waals surface area contributed by atoms with Crippen molar-refractivity contribution in [3.05, 3.63) is 95.3 Å². The van der Waals surface area contributed by atoms with Gasteiger partial charge in [-0.1, -0.05) is 12.1 Å². The summed E-state index contributed by atoms with van der Waals surface area (Å²) in [5.41, 5.74) is -6.42. The molecule has 0 saturated heterocycles. The Morgan fingerprint density at radius 1 is 0.511 bits per heavy atom. The van der Waals surface area contributed by atoms with E-state index in [-0.39, 0.29) is 55.7 Å². The van der Waals surface area contributed by atoms with Crippen molar-refractivity contribution in [2.24, 2.45) is 0 Å². The second-order valence-electron chi connectivity index (χ2n) is 8.55. The summed E-state index contributed by atoms with van der Waals surface area (Å²) >= 11 is 2.60. The summed E-state index contributed by atoms with van der Waals surface area (Å²) < 4.78 is 153. The summed E-state index contributed by atoms with van der Waals surface area (Å²) in [6.07, 6.45) is -13.5. The van der Waals surface area contributed by atoms with E-state index in [1.165, 1.54) is 48.1 Å². The Kier molecular flexibility index (Phi) is 12.7. The molecule has 0 radical (unpaired) electrons. The van der Waals surface area contributed by atoms with E-state index in [9.17, 15) is 52.7 Å². The fourth-order valence-corrected chi connectivity index (χ4v) is 4.27. The van der Waals surface area contributed by atoms with Crippen LogP contribution in [-0.4, -0.2) is 22.5 Å². The molecule has 2 heterocycles. The zero-order chi connectivity index (χ0) is 33.1. The smallest absolute Gasteiger partial charge is 0.305 e. The molecule has 0 unspecified atom stereocenters. The number of hydrogen-bond acceptors (Lipinski definition) is 4. The van der Waals surface area contributed by atoms with Crippen LogP contribution in [0.1, 0.15) is 22.3 Å². The SMILES string of the molecule is CSc1ccnc(-c2[c-]c(C(F)(F)F)cc(C(F)(F)F)c2)c1.CSc1ccnc(-c2[c-]c(C(F)(F)F)cc(C(F)(F)F)c2)c1.[Pt+2]. The van der Waals surface area contributed by atoms with Crippen molar-refractivity contribution in [2.45, 2.75) is 34.5 Å². The number of rotatable bonds is 4. The molecule has 0 aliphatic heterocycles. The van der Waals surface area contributed by atoms with Gasteiger partial charge in [-0.25, -0.2) is 0 Å². The average Bonchev–Trinajstić information content (AvgIpc) is 2.95. The third kappa shape index (κ3) is 10.7. The van der Waals surface area contributed by atoms with E-state index in [1.54, 1.807) is 24.6 Å². The first-order valence-corrected chi connectivity index (χ1v) is 14.1. The molecular formula is C28H16F12N2PtS2. The molecule has 0 spiro atoms. The minimum atomic E-state index is -4.92. The van der Waals surface area contributed by atoms with Crippen molar-refractivity contribution in [1.29, 1.82) is 0 Å². The van der Waals surface area contributed by atoms with E-state index in [1.807, 2.05) is 12.1 Å². The molecule has 45 heavy (non-hydrogen) atoms. The molecule has 0 N–H and O–H groups in total. The van der Waals surface area contributed by atoms with E-state index in [4.69, 9.17) is 0 Å². The predicted octanol–water partition coefficient (Wildman–Crippen LogP) is 10.6. The Hall–Kier alpha value is -2.71. The van der Waals surface area contributed by atoms with Crippen LogP contribution in [0.25, 0.3) is 22.5 Å². The zero-order valence-corrected chi connectivity index (χ0v) is 26.2. The van der Waals surface area contributed by atoms with Crippen molar-refractivity contribution >= 4 is 23.5 Å². The Bertz CT molecular complexity index is 1420. The normalized spacial score (nSPS) is 12.2. The van der Waals surface area contributed by atoms with Gasteiger partial charge in [-0.2, -0.15) is 52.7 Å². The maximum atomic E-state index is 12.8.